The zero-order chi connectivity index (χ0) is 22.9. The van der Waals surface area contributed by atoms with E-state index in [9.17, 15) is 4.79 Å². The van der Waals surface area contributed by atoms with Crippen LogP contribution in [0.4, 0.5) is 0 Å². The number of pyridine rings is 3. The van der Waals surface area contributed by atoms with Crippen LogP contribution in [0.3, 0.4) is 0 Å². The van der Waals surface area contributed by atoms with Gasteiger partial charge in [-0.15, -0.1) is 71.8 Å². The van der Waals surface area contributed by atoms with Gasteiger partial charge in [0.05, 0.1) is 11.4 Å². The summed E-state index contributed by atoms with van der Waals surface area (Å²) >= 11 is 0. The number of aromatic nitrogens is 3. The summed E-state index contributed by atoms with van der Waals surface area (Å²) in [7, 11) is 0. The number of nitrogens with zero attached hydrogens (tertiary/aromatic N) is 3. The van der Waals surface area contributed by atoms with Crippen LogP contribution < -0.4 is 0 Å². The van der Waals surface area contributed by atoms with E-state index in [1.165, 1.54) is 12.3 Å². The molecule has 2 aromatic carbocycles. The predicted octanol–water partition coefficient (Wildman–Crippen LogP) is 5.86. The summed E-state index contributed by atoms with van der Waals surface area (Å²) in [6.45, 7) is 0. The van der Waals surface area contributed by atoms with Crippen LogP contribution in [0.15, 0.2) is 109 Å². The van der Waals surface area contributed by atoms with Crippen LogP contribution in [0.5, 0.6) is 0 Å². The Kier molecular flexibility index (Phi) is 8.92. The van der Waals surface area contributed by atoms with Gasteiger partial charge in [-0.2, -0.15) is 0 Å². The summed E-state index contributed by atoms with van der Waals surface area (Å²) in [5, 5.41) is 8.32. The summed E-state index contributed by atoms with van der Waals surface area (Å²) in [4.78, 5) is 23.2. The smallest absolute Gasteiger partial charge is 0.354 e. The van der Waals surface area contributed by atoms with Crippen LogP contribution in [-0.4, -0.2) is 26.0 Å². The Morgan fingerprint density at radius 1 is 0.618 bits per heavy atom. The maximum atomic E-state index is 10.1. The average Bonchev–Trinajstić information content (AvgIpc) is 2.91. The molecule has 0 saturated carbocycles. The normalized spacial score (nSPS) is 9.76. The van der Waals surface area contributed by atoms with Gasteiger partial charge in [0.1, 0.15) is 5.69 Å². The molecular formula is C28H19IrN3O2-2. The molecule has 5 aromatic rings. The van der Waals surface area contributed by atoms with Gasteiger partial charge in [-0.1, -0.05) is 30.3 Å². The summed E-state index contributed by atoms with van der Waals surface area (Å²) in [6.07, 6.45) is 1.45. The van der Waals surface area contributed by atoms with Crippen LogP contribution >= 0.6 is 0 Å². The summed E-state index contributed by atoms with van der Waals surface area (Å²) < 4.78 is 0. The fraction of sp³-hybridized carbons (Fsp3) is 0. The second-order valence-corrected chi connectivity index (χ2v) is 6.89. The molecule has 0 aliphatic heterocycles. The fourth-order valence-corrected chi connectivity index (χ4v) is 3.05. The summed E-state index contributed by atoms with van der Waals surface area (Å²) in [6, 6.07) is 38.8. The topological polar surface area (TPSA) is 76.0 Å². The standard InChI is InChI=1S/C22H14N2.C6H5NO2.Ir/c1-3-9-17(10-4-1)19-13-7-15-21(23-19)22-16-8-14-20(24-22)18-11-5-2-6-12-18;8-6(9)5-3-1-2-4-7-5;/h1-9,11,13-16H;1-4H,(H,8,9);/q-2;;. The van der Waals surface area contributed by atoms with E-state index in [0.29, 0.717) is 0 Å². The van der Waals surface area contributed by atoms with E-state index < -0.39 is 5.97 Å². The molecule has 1 radical (unpaired) electrons. The van der Waals surface area contributed by atoms with Crippen molar-refractivity contribution in [2.45, 2.75) is 0 Å². The van der Waals surface area contributed by atoms with Crippen LogP contribution in [-0.2, 0) is 20.1 Å². The number of hydrogen-bond donors (Lipinski definition) is 1. The Morgan fingerprint density at radius 3 is 1.50 bits per heavy atom. The first-order chi connectivity index (χ1) is 16.2. The molecule has 1 N–H and O–H groups in total. The first-order valence-electron chi connectivity index (χ1n) is 10.2. The molecule has 0 bridgehead atoms. The maximum absolute atomic E-state index is 10.1. The largest absolute Gasteiger partial charge is 0.477 e. The van der Waals surface area contributed by atoms with Crippen LogP contribution in [0.2, 0.25) is 0 Å². The van der Waals surface area contributed by atoms with Gasteiger partial charge in [0.15, 0.2) is 0 Å². The molecule has 0 fully saturated rings. The average molecular weight is 622 g/mol. The fourth-order valence-electron chi connectivity index (χ4n) is 3.05. The summed E-state index contributed by atoms with van der Waals surface area (Å²) in [5.41, 5.74) is 5.53. The van der Waals surface area contributed by atoms with E-state index in [1.807, 2.05) is 84.9 Å². The Hall–Kier alpha value is -3.99. The molecule has 0 spiro atoms. The Labute approximate surface area is 211 Å². The quantitative estimate of drug-likeness (QED) is 0.255. The van der Waals surface area contributed by atoms with Gasteiger partial charge in [-0.05, 0) is 35.7 Å². The van der Waals surface area contributed by atoms with Crippen LogP contribution in [0, 0.1) is 12.1 Å². The Bertz CT molecular complexity index is 1250. The number of carbonyl (C=O) groups is 1. The van der Waals surface area contributed by atoms with Gasteiger partial charge < -0.3 is 5.11 Å². The van der Waals surface area contributed by atoms with Crippen molar-refractivity contribution >= 4 is 5.97 Å². The van der Waals surface area contributed by atoms with Crippen molar-refractivity contribution in [1.82, 2.24) is 15.0 Å². The summed E-state index contributed by atoms with van der Waals surface area (Å²) in [5.74, 6) is -0.990. The number of carboxylic acid groups (broad SMARTS) is 1. The molecule has 5 rings (SSSR count). The molecule has 169 valence electrons. The van der Waals surface area contributed by atoms with Crippen molar-refractivity contribution in [3.63, 3.8) is 0 Å². The third-order valence-corrected chi connectivity index (χ3v) is 4.61. The van der Waals surface area contributed by atoms with E-state index in [1.54, 1.807) is 12.1 Å². The van der Waals surface area contributed by atoms with Crippen molar-refractivity contribution in [2.24, 2.45) is 0 Å². The predicted molar refractivity (Wildman–Crippen MR) is 127 cm³/mol. The van der Waals surface area contributed by atoms with Gasteiger partial charge in [-0.25, -0.2) is 9.78 Å². The molecule has 0 aliphatic carbocycles. The minimum absolute atomic E-state index is 0. The van der Waals surface area contributed by atoms with Gasteiger partial charge in [0, 0.05) is 26.3 Å². The van der Waals surface area contributed by atoms with Gasteiger partial charge in [0.2, 0.25) is 0 Å². The van der Waals surface area contributed by atoms with E-state index in [0.717, 1.165) is 33.9 Å². The second-order valence-electron chi connectivity index (χ2n) is 6.89. The zero-order valence-electron chi connectivity index (χ0n) is 17.9. The number of benzene rings is 2. The number of carboxylic acids is 1. The molecule has 0 unspecified atom stereocenters. The van der Waals surface area contributed by atoms with E-state index >= 15 is 0 Å². The second kappa shape index (κ2) is 12.3. The van der Waals surface area contributed by atoms with E-state index in [4.69, 9.17) is 15.1 Å². The molecule has 34 heavy (non-hydrogen) atoms. The SMILES string of the molecule is O=C(O)c1ccccn1.[Ir].[c-]1ccccc1-c1cccc(-c2cccc(-c3[c-]cccc3)n2)n1. The number of hydrogen-bond acceptors (Lipinski definition) is 4. The monoisotopic (exact) mass is 622 g/mol. The van der Waals surface area contributed by atoms with Gasteiger partial charge >= 0.3 is 5.97 Å². The Balaban J connectivity index is 0.000000275. The van der Waals surface area contributed by atoms with E-state index in [2.05, 4.69) is 17.1 Å². The van der Waals surface area contributed by atoms with Crippen molar-refractivity contribution < 1.29 is 30.0 Å². The van der Waals surface area contributed by atoms with Crippen LogP contribution in [0.25, 0.3) is 33.9 Å². The molecule has 0 atom stereocenters. The van der Waals surface area contributed by atoms with Crippen molar-refractivity contribution in [2.75, 3.05) is 0 Å². The van der Waals surface area contributed by atoms with Gasteiger partial charge in [-0.3, -0.25) is 9.97 Å². The third kappa shape index (κ3) is 6.51. The molecule has 3 heterocycles. The molecular weight excluding hydrogens is 603 g/mol. The minimum atomic E-state index is -0.990. The van der Waals surface area contributed by atoms with Crippen molar-refractivity contribution in [3.8, 4) is 33.9 Å². The first-order valence-corrected chi connectivity index (χ1v) is 10.2. The minimum Gasteiger partial charge on any atom is -0.477 e. The molecule has 0 saturated heterocycles. The molecule has 3 aromatic heterocycles. The van der Waals surface area contributed by atoms with Crippen LogP contribution in [0.1, 0.15) is 10.5 Å². The van der Waals surface area contributed by atoms with Crippen molar-refractivity contribution in [1.29, 1.82) is 0 Å². The zero-order valence-corrected chi connectivity index (χ0v) is 20.3. The Morgan fingerprint density at radius 2 is 1.12 bits per heavy atom. The molecule has 6 heteroatoms. The van der Waals surface area contributed by atoms with Crippen molar-refractivity contribution in [3.05, 3.63) is 127 Å². The molecule has 0 amide bonds. The molecule has 5 nitrogen and oxygen atoms in total. The first kappa shape index (κ1) is 24.6. The molecule has 0 aliphatic rings. The van der Waals surface area contributed by atoms with Gasteiger partial charge in [0.25, 0.3) is 0 Å². The third-order valence-electron chi connectivity index (χ3n) is 4.61. The van der Waals surface area contributed by atoms with E-state index in [-0.39, 0.29) is 25.8 Å². The maximum Gasteiger partial charge on any atom is 0.354 e. The number of aromatic carboxylic acids is 1. The number of rotatable bonds is 4.